The van der Waals surface area contributed by atoms with E-state index >= 15 is 0 Å². The molecule has 1 aromatic heterocycles. The summed E-state index contributed by atoms with van der Waals surface area (Å²) in [6.45, 7) is 10.4. The van der Waals surface area contributed by atoms with Gasteiger partial charge in [-0.2, -0.15) is 0 Å². The first-order chi connectivity index (χ1) is 13.1. The highest BCUT2D eigenvalue weighted by atomic mass is 32.1. The maximum atomic E-state index is 10.5. The maximum Gasteiger partial charge on any atom is 0.220 e. The Morgan fingerprint density at radius 3 is 2.89 bits per heavy atom. The summed E-state index contributed by atoms with van der Waals surface area (Å²) in [6.07, 6.45) is 1.02. The smallest absolute Gasteiger partial charge is 0.220 e. The van der Waals surface area contributed by atoms with Gasteiger partial charge in [0.1, 0.15) is 13.1 Å². The van der Waals surface area contributed by atoms with E-state index in [4.69, 9.17) is 17.0 Å². The van der Waals surface area contributed by atoms with Gasteiger partial charge in [0, 0.05) is 24.9 Å². The predicted octanol–water partition coefficient (Wildman–Crippen LogP) is 1.94. The summed E-state index contributed by atoms with van der Waals surface area (Å²) in [5, 5.41) is 23.2. The largest absolute Gasteiger partial charge is 0.493 e. The van der Waals surface area contributed by atoms with E-state index < -0.39 is 0 Å². The summed E-state index contributed by atoms with van der Waals surface area (Å²) >= 11 is 5.26. The number of ether oxygens (including phenoxy) is 1. The molecule has 0 radical (unpaired) electrons. The van der Waals surface area contributed by atoms with Crippen molar-refractivity contribution in [1.82, 2.24) is 9.88 Å². The number of aromatic nitrogens is 1. The number of benzene rings is 1. The molecule has 1 saturated heterocycles. The number of nitrogens with zero attached hydrogens (tertiary/aromatic N) is 3. The van der Waals surface area contributed by atoms with E-state index in [-0.39, 0.29) is 5.88 Å². The van der Waals surface area contributed by atoms with E-state index in [9.17, 15) is 5.11 Å². The highest BCUT2D eigenvalue weighted by Crippen LogP contribution is 2.39. The van der Waals surface area contributed by atoms with E-state index in [1.807, 2.05) is 36.6 Å². The topological polar surface area (TPSA) is 75.6 Å². The highest BCUT2D eigenvalue weighted by Gasteiger charge is 2.16. The van der Waals surface area contributed by atoms with Crippen molar-refractivity contribution in [3.63, 3.8) is 0 Å². The van der Waals surface area contributed by atoms with Gasteiger partial charge in [-0.15, -0.1) is 10.2 Å². The third-order valence-corrected chi connectivity index (χ3v) is 5.13. The third kappa shape index (κ3) is 4.82. The average Bonchev–Trinajstić information content (AvgIpc) is 2.94. The normalized spacial score (nSPS) is 15.6. The molecule has 0 unspecified atom stereocenters. The predicted molar refractivity (Wildman–Crippen MR) is 110 cm³/mol. The first-order valence-electron chi connectivity index (χ1n) is 9.53. The molecule has 1 aliphatic heterocycles. The number of hydrogen-bond donors (Lipinski definition) is 3. The Kier molecular flexibility index (Phi) is 6.76. The fourth-order valence-electron chi connectivity index (χ4n) is 3.43. The van der Waals surface area contributed by atoms with Crippen molar-refractivity contribution >= 4 is 33.9 Å². The van der Waals surface area contributed by atoms with E-state index in [1.165, 1.54) is 0 Å². The van der Waals surface area contributed by atoms with Gasteiger partial charge in [-0.25, -0.2) is 0 Å². The number of aromatic hydroxyl groups is 1. The molecule has 3 N–H and O–H groups in total. The maximum absolute atomic E-state index is 10.5. The van der Waals surface area contributed by atoms with Crippen LogP contribution in [0.5, 0.6) is 5.88 Å². The first-order valence-corrected chi connectivity index (χ1v) is 9.93. The Labute approximate surface area is 165 Å². The molecule has 0 saturated carbocycles. The molecule has 1 aliphatic rings. The fourth-order valence-corrected chi connectivity index (χ4v) is 3.57. The van der Waals surface area contributed by atoms with Crippen LogP contribution in [0.4, 0.5) is 5.69 Å². The molecule has 2 aromatic rings. The van der Waals surface area contributed by atoms with Gasteiger partial charge in [0.2, 0.25) is 11.0 Å². The van der Waals surface area contributed by atoms with Crippen LogP contribution in [0.3, 0.4) is 0 Å². The van der Waals surface area contributed by atoms with Crippen molar-refractivity contribution in [2.24, 2.45) is 10.2 Å². The number of rotatable bonds is 6. The summed E-state index contributed by atoms with van der Waals surface area (Å²) in [4.78, 5) is 1.57. The van der Waals surface area contributed by atoms with Gasteiger partial charge >= 0.3 is 0 Å². The number of thiocarbonyl (C=S) groups is 1. The van der Waals surface area contributed by atoms with Gasteiger partial charge in [-0.3, -0.25) is 0 Å². The summed E-state index contributed by atoms with van der Waals surface area (Å²) in [5.74, 6) is 0.126. The van der Waals surface area contributed by atoms with Crippen LogP contribution >= 0.6 is 12.2 Å². The quantitative estimate of drug-likeness (QED) is 0.400. The zero-order valence-corrected chi connectivity index (χ0v) is 16.8. The van der Waals surface area contributed by atoms with Crippen LogP contribution in [0.1, 0.15) is 18.9 Å². The molecule has 0 spiro atoms. The van der Waals surface area contributed by atoms with E-state index in [1.54, 1.807) is 4.90 Å². The standard InChI is InChI=1S/C19H27N5O2S/c1-3-24-16-6-5-14(2)13-15(16)17(18(24)25)21-22-19(27)20-7-4-8-23-9-11-26-12-10-23/h5-6,13,25H,3-4,7-12H2,1-2H3,(H,20,27)/p+1. The van der Waals surface area contributed by atoms with Gasteiger partial charge < -0.3 is 24.6 Å². The number of hydrogen-bond acceptors (Lipinski definition) is 4. The van der Waals surface area contributed by atoms with Crippen LogP contribution in [0, 0.1) is 6.92 Å². The van der Waals surface area contributed by atoms with Crippen molar-refractivity contribution in [3.8, 4) is 5.88 Å². The fraction of sp³-hybridized carbons (Fsp3) is 0.526. The third-order valence-electron chi connectivity index (χ3n) is 4.91. The Morgan fingerprint density at radius 2 is 2.15 bits per heavy atom. The number of azo groups is 1. The molecule has 1 aromatic carbocycles. The molecule has 8 heteroatoms. The Balaban J connectivity index is 1.59. The first kappa shape index (κ1) is 19.7. The van der Waals surface area contributed by atoms with Crippen molar-refractivity contribution in [2.45, 2.75) is 26.8 Å². The van der Waals surface area contributed by atoms with Crippen LogP contribution in [-0.2, 0) is 11.3 Å². The van der Waals surface area contributed by atoms with E-state index in [2.05, 4.69) is 15.5 Å². The summed E-state index contributed by atoms with van der Waals surface area (Å²) in [5.41, 5.74) is 2.53. The lowest BCUT2D eigenvalue weighted by atomic mass is 10.1. The highest BCUT2D eigenvalue weighted by molar-refractivity contribution is 7.80. The van der Waals surface area contributed by atoms with Crippen LogP contribution in [0.15, 0.2) is 28.4 Å². The van der Waals surface area contributed by atoms with Crippen LogP contribution in [0.25, 0.3) is 10.9 Å². The number of aryl methyl sites for hydroxylation is 2. The van der Waals surface area contributed by atoms with Gasteiger partial charge in [-0.05, 0) is 38.2 Å². The van der Waals surface area contributed by atoms with Gasteiger partial charge in [0.25, 0.3) is 0 Å². The Morgan fingerprint density at radius 1 is 1.37 bits per heavy atom. The molecule has 146 valence electrons. The SMILES string of the molecule is CCn1c(O)c(N=NC(=S)NCCC[NH+]2CCOCC2)c2cc(C)ccc21. The van der Waals surface area contributed by atoms with Gasteiger partial charge in [0.15, 0.2) is 5.69 Å². The second-order valence-corrected chi connectivity index (χ2v) is 7.22. The monoisotopic (exact) mass is 390 g/mol. The lowest BCUT2D eigenvalue weighted by molar-refractivity contribution is -0.908. The van der Waals surface area contributed by atoms with Gasteiger partial charge in [-0.1, -0.05) is 11.6 Å². The minimum atomic E-state index is 0.126. The number of fused-ring (bicyclic) bond motifs is 1. The number of nitrogens with one attached hydrogen (secondary N) is 2. The summed E-state index contributed by atoms with van der Waals surface area (Å²) < 4.78 is 7.19. The van der Waals surface area contributed by atoms with E-state index in [0.29, 0.717) is 17.3 Å². The van der Waals surface area contributed by atoms with Gasteiger partial charge in [0.05, 0.1) is 25.3 Å². The molecule has 27 heavy (non-hydrogen) atoms. The Bertz CT molecular complexity index is 827. The Hall–Kier alpha value is -2.03. The molecular formula is C19H28N5O2S+. The molecule has 3 rings (SSSR count). The molecule has 0 amide bonds. The van der Waals surface area contributed by atoms with Crippen molar-refractivity contribution in [2.75, 3.05) is 39.4 Å². The molecule has 0 atom stereocenters. The van der Waals surface area contributed by atoms with Crippen molar-refractivity contribution in [1.29, 1.82) is 0 Å². The zero-order valence-electron chi connectivity index (χ0n) is 16.0. The van der Waals surface area contributed by atoms with Crippen LogP contribution in [0.2, 0.25) is 0 Å². The molecule has 0 bridgehead atoms. The zero-order chi connectivity index (χ0) is 19.2. The molecular weight excluding hydrogens is 362 g/mol. The molecule has 7 nitrogen and oxygen atoms in total. The number of quaternary nitrogens is 1. The number of morpholine rings is 1. The molecule has 2 heterocycles. The van der Waals surface area contributed by atoms with E-state index in [0.717, 1.165) is 62.3 Å². The second-order valence-electron chi connectivity index (χ2n) is 6.83. The molecule has 0 aliphatic carbocycles. The lowest BCUT2D eigenvalue weighted by Crippen LogP contribution is -3.14. The minimum absolute atomic E-state index is 0.126. The van der Waals surface area contributed by atoms with Crippen molar-refractivity contribution in [3.05, 3.63) is 23.8 Å². The van der Waals surface area contributed by atoms with Crippen molar-refractivity contribution < 1.29 is 14.7 Å². The average molecular weight is 391 g/mol. The minimum Gasteiger partial charge on any atom is -0.493 e. The second kappa shape index (κ2) is 9.25. The van der Waals surface area contributed by atoms with Crippen LogP contribution in [-0.4, -0.2) is 54.2 Å². The lowest BCUT2D eigenvalue weighted by Gasteiger charge is -2.23. The molecule has 1 fully saturated rings. The van der Waals surface area contributed by atoms with Crippen LogP contribution < -0.4 is 10.2 Å². The summed E-state index contributed by atoms with van der Waals surface area (Å²) in [7, 11) is 0. The summed E-state index contributed by atoms with van der Waals surface area (Å²) in [6, 6.07) is 6.03.